The molecule has 4 aromatic heterocycles. The van der Waals surface area contributed by atoms with Crippen molar-refractivity contribution in [3.63, 3.8) is 0 Å². The molecule has 52 heavy (non-hydrogen) atoms. The smallest absolute Gasteiger partial charge is 0.282 e. The van der Waals surface area contributed by atoms with Crippen molar-refractivity contribution in [3.8, 4) is 0 Å². The largest absolute Gasteiger partial charge is 0.399 e. The first-order valence-corrected chi connectivity index (χ1v) is 16.4. The van der Waals surface area contributed by atoms with Gasteiger partial charge in [-0.3, -0.25) is 9.59 Å². The molecule has 4 aromatic rings. The number of amides is 2. The van der Waals surface area contributed by atoms with Crippen LogP contribution < -0.4 is 31.9 Å². The molecule has 0 spiro atoms. The van der Waals surface area contributed by atoms with Crippen molar-refractivity contribution < 1.29 is 27.2 Å². The molecular formula is C34H40Cl2F4N10O2. The standard InChI is InChI=1S/C11H13F2N3O.C9H11F2N3.C8H9ClN2O.C6H7ClN2/c1-7-3-9(15-8(2)17)4-10(14-7)16-5-11(12,13)6-16;1-6-2-7(12)3-8(13-6)14-4-9(10,11)5-14;1-5-3-7(11-6(2)12)4-8(9)10-5;1-4-2-5(8)3-6(7)9-4/h3-4H,5-6H2,1-2H3,(H,14,15,17);2-3H,4-5H2,1H3,(H2,12,13);3-4H,1-2H3,(H,10,11,12);2-3H,1H3,(H2,8,9). The lowest BCUT2D eigenvalue weighted by Crippen LogP contribution is -2.56. The molecule has 0 bridgehead atoms. The number of anilines is 6. The first kappa shape index (κ1) is 41.5. The monoisotopic (exact) mass is 766 g/mol. The van der Waals surface area contributed by atoms with Crippen LogP contribution >= 0.6 is 23.2 Å². The van der Waals surface area contributed by atoms with Crippen LogP contribution in [-0.2, 0) is 9.59 Å². The van der Waals surface area contributed by atoms with Gasteiger partial charge in [-0.2, -0.15) is 0 Å². The molecule has 6 rings (SSSR count). The van der Waals surface area contributed by atoms with Gasteiger partial charge in [-0.05, 0) is 64.1 Å². The van der Waals surface area contributed by atoms with Crippen LogP contribution in [0.5, 0.6) is 0 Å². The van der Waals surface area contributed by atoms with Gasteiger partial charge in [-0.15, -0.1) is 0 Å². The summed E-state index contributed by atoms with van der Waals surface area (Å²) in [6.45, 7) is 8.90. The van der Waals surface area contributed by atoms with Gasteiger partial charge in [0.2, 0.25) is 11.8 Å². The summed E-state index contributed by atoms with van der Waals surface area (Å²) in [6.07, 6.45) is 0. The van der Waals surface area contributed by atoms with E-state index in [0.29, 0.717) is 50.4 Å². The molecule has 0 aliphatic carbocycles. The number of hydrogen-bond acceptors (Lipinski definition) is 10. The molecule has 6 N–H and O–H groups in total. The Balaban J connectivity index is 0.000000191. The lowest BCUT2D eigenvalue weighted by atomic mass is 10.1. The van der Waals surface area contributed by atoms with Crippen molar-refractivity contribution in [1.82, 2.24) is 19.9 Å². The number of halogens is 6. The number of nitrogens with one attached hydrogen (secondary N) is 2. The van der Waals surface area contributed by atoms with E-state index in [1.54, 1.807) is 62.4 Å². The van der Waals surface area contributed by atoms with E-state index in [4.69, 9.17) is 34.7 Å². The number of aryl methyl sites for hydroxylation is 4. The van der Waals surface area contributed by atoms with Gasteiger partial charge < -0.3 is 31.9 Å². The van der Waals surface area contributed by atoms with Gasteiger partial charge in [0.1, 0.15) is 21.9 Å². The third-order valence-corrected chi connectivity index (χ3v) is 7.13. The number of rotatable bonds is 4. The fraction of sp³-hybridized carbons (Fsp3) is 0.353. The van der Waals surface area contributed by atoms with Crippen molar-refractivity contribution in [1.29, 1.82) is 0 Å². The minimum Gasteiger partial charge on any atom is -0.399 e. The van der Waals surface area contributed by atoms with E-state index >= 15 is 0 Å². The van der Waals surface area contributed by atoms with Crippen LogP contribution in [0.15, 0.2) is 48.5 Å². The Morgan fingerprint density at radius 3 is 1.31 bits per heavy atom. The summed E-state index contributed by atoms with van der Waals surface area (Å²) in [5.41, 5.74) is 16.6. The van der Waals surface area contributed by atoms with Gasteiger partial charge in [0, 0.05) is 71.5 Å². The lowest BCUT2D eigenvalue weighted by molar-refractivity contribution is -0.115. The van der Waals surface area contributed by atoms with Gasteiger partial charge in [0.25, 0.3) is 11.8 Å². The van der Waals surface area contributed by atoms with Gasteiger partial charge in [-0.25, -0.2) is 37.5 Å². The molecule has 2 amide bonds. The molecule has 0 radical (unpaired) electrons. The summed E-state index contributed by atoms with van der Waals surface area (Å²) in [7, 11) is 0. The van der Waals surface area contributed by atoms with E-state index in [1.165, 1.54) is 23.6 Å². The van der Waals surface area contributed by atoms with E-state index < -0.39 is 11.8 Å². The maximum Gasteiger partial charge on any atom is 0.282 e. The van der Waals surface area contributed by atoms with Crippen molar-refractivity contribution in [2.24, 2.45) is 0 Å². The van der Waals surface area contributed by atoms with Gasteiger partial charge in [0.15, 0.2) is 0 Å². The van der Waals surface area contributed by atoms with Crippen molar-refractivity contribution >= 4 is 69.4 Å². The fourth-order valence-corrected chi connectivity index (χ4v) is 5.34. The zero-order valence-electron chi connectivity index (χ0n) is 29.4. The predicted molar refractivity (Wildman–Crippen MR) is 198 cm³/mol. The predicted octanol–water partition coefficient (Wildman–Crippen LogP) is 6.86. The van der Waals surface area contributed by atoms with Gasteiger partial charge in [0.05, 0.1) is 26.2 Å². The Kier molecular flexibility index (Phi) is 14.0. The second kappa shape index (κ2) is 17.5. The van der Waals surface area contributed by atoms with Gasteiger partial charge in [-0.1, -0.05) is 23.2 Å². The SMILES string of the molecule is CC(=O)Nc1cc(C)nc(Cl)c1.CC(=O)Nc1cc(C)nc(N2CC(F)(F)C2)c1.Cc1cc(N)cc(Cl)n1.Cc1cc(N)cc(N2CC(F)(F)C2)n1. The molecule has 2 saturated heterocycles. The zero-order valence-corrected chi connectivity index (χ0v) is 30.9. The molecule has 2 aliphatic rings. The van der Waals surface area contributed by atoms with Gasteiger partial charge >= 0.3 is 0 Å². The number of aromatic nitrogens is 4. The Bertz CT molecular complexity index is 1790. The van der Waals surface area contributed by atoms with Crippen LogP contribution in [0.3, 0.4) is 0 Å². The number of hydrogen-bond donors (Lipinski definition) is 4. The average Bonchev–Trinajstić information content (AvgIpc) is 2.93. The summed E-state index contributed by atoms with van der Waals surface area (Å²) in [5.74, 6) is -4.50. The number of nitrogens with zero attached hydrogens (tertiary/aromatic N) is 6. The zero-order chi connectivity index (χ0) is 39.0. The van der Waals surface area contributed by atoms with Crippen molar-refractivity contribution in [3.05, 3.63) is 81.6 Å². The third-order valence-electron chi connectivity index (χ3n) is 6.75. The molecule has 12 nitrogen and oxygen atoms in total. The van der Waals surface area contributed by atoms with Crippen molar-refractivity contribution in [2.75, 3.05) is 58.1 Å². The maximum absolute atomic E-state index is 12.7. The van der Waals surface area contributed by atoms with Crippen LogP contribution in [-0.4, -0.2) is 69.8 Å². The first-order chi connectivity index (χ1) is 24.1. The quantitative estimate of drug-likeness (QED) is 0.127. The molecule has 6 heterocycles. The highest BCUT2D eigenvalue weighted by molar-refractivity contribution is 6.30. The van der Waals surface area contributed by atoms with E-state index in [9.17, 15) is 27.2 Å². The molecule has 0 aromatic carbocycles. The summed E-state index contributed by atoms with van der Waals surface area (Å²) >= 11 is 11.2. The Morgan fingerprint density at radius 1 is 0.596 bits per heavy atom. The molecular weight excluding hydrogens is 727 g/mol. The topological polar surface area (TPSA) is 168 Å². The molecule has 0 unspecified atom stereocenters. The van der Waals surface area contributed by atoms with E-state index in [-0.39, 0.29) is 38.0 Å². The molecule has 0 atom stereocenters. The Hall–Kier alpha value is -4.96. The van der Waals surface area contributed by atoms with E-state index in [1.807, 2.05) is 13.8 Å². The minimum absolute atomic E-state index is 0.114. The highest BCUT2D eigenvalue weighted by Gasteiger charge is 2.45. The summed E-state index contributed by atoms with van der Waals surface area (Å²) in [6, 6.07) is 13.4. The normalized spacial score (nSPS) is 14.8. The van der Waals surface area contributed by atoms with E-state index in [0.717, 1.165) is 17.1 Å². The van der Waals surface area contributed by atoms with Crippen LogP contribution in [0.1, 0.15) is 36.6 Å². The third kappa shape index (κ3) is 14.0. The number of carbonyl (C=O) groups is 2. The lowest BCUT2D eigenvalue weighted by Gasteiger charge is -2.39. The number of nitrogen functional groups attached to an aromatic ring is 2. The maximum atomic E-state index is 12.7. The summed E-state index contributed by atoms with van der Waals surface area (Å²) in [5, 5.41) is 6.08. The number of nitrogens with two attached hydrogens (primary N) is 2. The summed E-state index contributed by atoms with van der Waals surface area (Å²) in [4.78, 5) is 40.8. The van der Waals surface area contributed by atoms with Crippen LogP contribution in [0.2, 0.25) is 10.3 Å². The Labute approximate surface area is 308 Å². The second-order valence-corrected chi connectivity index (χ2v) is 13.0. The van der Waals surface area contributed by atoms with Crippen molar-refractivity contribution in [2.45, 2.75) is 53.4 Å². The second-order valence-electron chi connectivity index (χ2n) is 12.2. The number of carbonyl (C=O) groups excluding carboxylic acids is 2. The Morgan fingerprint density at radius 2 is 0.942 bits per heavy atom. The molecule has 2 aliphatic heterocycles. The van der Waals surface area contributed by atoms with Crippen LogP contribution in [0.25, 0.3) is 0 Å². The number of pyridine rings is 4. The highest BCUT2D eigenvalue weighted by Crippen LogP contribution is 2.33. The minimum atomic E-state index is -2.63. The molecule has 280 valence electrons. The highest BCUT2D eigenvalue weighted by atomic mass is 35.5. The summed E-state index contributed by atoms with van der Waals surface area (Å²) < 4.78 is 50.6. The molecule has 18 heteroatoms. The number of alkyl halides is 4. The van der Waals surface area contributed by atoms with Crippen LogP contribution in [0.4, 0.5) is 51.9 Å². The fourth-order valence-electron chi connectivity index (χ4n) is 4.83. The van der Waals surface area contributed by atoms with Crippen LogP contribution in [0, 0.1) is 27.7 Å². The molecule has 0 saturated carbocycles. The average molecular weight is 768 g/mol. The van der Waals surface area contributed by atoms with E-state index in [2.05, 4.69) is 30.6 Å². The first-order valence-electron chi connectivity index (χ1n) is 15.7. The molecule has 2 fully saturated rings.